The Hall–Kier alpha value is -1.86. The van der Waals surface area contributed by atoms with Crippen LogP contribution < -0.4 is 11.1 Å². The fourth-order valence-corrected chi connectivity index (χ4v) is 1.99. The van der Waals surface area contributed by atoms with Crippen molar-refractivity contribution in [3.05, 3.63) is 52.7 Å². The molecule has 0 radical (unpaired) electrons. The average Bonchev–Trinajstić information content (AvgIpc) is 2.37. The zero-order valence-electron chi connectivity index (χ0n) is 10.4. The molecule has 0 aliphatic carbocycles. The molecule has 1 aromatic carbocycles. The van der Waals surface area contributed by atoms with E-state index < -0.39 is 11.7 Å². The number of alkyl halides is 3. The molecule has 0 unspecified atom stereocenters. The van der Waals surface area contributed by atoms with Crippen LogP contribution in [-0.4, -0.2) is 9.97 Å². The van der Waals surface area contributed by atoms with Gasteiger partial charge >= 0.3 is 6.18 Å². The first-order chi connectivity index (χ1) is 9.75. The quantitative estimate of drug-likeness (QED) is 0.830. The van der Waals surface area contributed by atoms with E-state index in [0.29, 0.717) is 11.4 Å². The van der Waals surface area contributed by atoms with Crippen molar-refractivity contribution in [1.82, 2.24) is 4.98 Å². The molecular weight excluding hydrogens is 323 g/mol. The second kappa shape index (κ2) is 5.87. The highest BCUT2D eigenvalue weighted by Gasteiger charge is 2.31. The molecule has 2 aromatic rings. The van der Waals surface area contributed by atoms with Crippen LogP contribution in [0.15, 0.2) is 36.5 Å². The van der Waals surface area contributed by atoms with Gasteiger partial charge in [0.1, 0.15) is 10.8 Å². The number of hydrogen-bond donors (Lipinski definition) is 2. The van der Waals surface area contributed by atoms with Crippen LogP contribution in [0.2, 0.25) is 5.02 Å². The molecular formula is C13H9ClF3N3S. The number of nitrogens with two attached hydrogens (primary N) is 1. The second-order valence-corrected chi connectivity index (χ2v) is 5.02. The maximum atomic E-state index is 12.7. The van der Waals surface area contributed by atoms with Gasteiger partial charge in [-0.25, -0.2) is 4.98 Å². The topological polar surface area (TPSA) is 50.9 Å². The molecule has 3 nitrogen and oxygen atoms in total. The number of hydrogen-bond acceptors (Lipinski definition) is 3. The molecule has 0 amide bonds. The summed E-state index contributed by atoms with van der Waals surface area (Å²) >= 11 is 10.5. The number of nitrogens with zero attached hydrogens (tertiary/aromatic N) is 1. The van der Waals surface area contributed by atoms with Gasteiger partial charge in [0.05, 0.1) is 5.56 Å². The third kappa shape index (κ3) is 4.05. The number of anilines is 2. The van der Waals surface area contributed by atoms with Crippen molar-refractivity contribution < 1.29 is 13.2 Å². The van der Waals surface area contributed by atoms with Crippen molar-refractivity contribution in [2.45, 2.75) is 6.18 Å². The van der Waals surface area contributed by atoms with Crippen LogP contribution in [0.5, 0.6) is 0 Å². The first-order valence-electron chi connectivity index (χ1n) is 5.66. The van der Waals surface area contributed by atoms with E-state index >= 15 is 0 Å². The maximum absolute atomic E-state index is 12.7. The van der Waals surface area contributed by atoms with Crippen molar-refractivity contribution in [2.75, 3.05) is 5.32 Å². The van der Waals surface area contributed by atoms with E-state index in [2.05, 4.69) is 10.3 Å². The maximum Gasteiger partial charge on any atom is 0.416 e. The van der Waals surface area contributed by atoms with Crippen molar-refractivity contribution in [3.63, 3.8) is 0 Å². The van der Waals surface area contributed by atoms with Gasteiger partial charge in [0.15, 0.2) is 0 Å². The predicted molar refractivity (Wildman–Crippen MR) is 79.9 cm³/mol. The minimum absolute atomic E-state index is 0.0298. The molecule has 0 atom stereocenters. The van der Waals surface area contributed by atoms with Gasteiger partial charge in [-0.2, -0.15) is 13.2 Å². The molecule has 3 N–H and O–H groups in total. The summed E-state index contributed by atoms with van der Waals surface area (Å²) in [4.78, 5) is 4.16. The summed E-state index contributed by atoms with van der Waals surface area (Å²) in [6, 6.07) is 6.31. The summed E-state index contributed by atoms with van der Waals surface area (Å²) in [6.07, 6.45) is -3.03. The molecule has 1 aromatic heterocycles. The van der Waals surface area contributed by atoms with Crippen molar-refractivity contribution in [1.29, 1.82) is 0 Å². The number of rotatable bonds is 3. The smallest absolute Gasteiger partial charge is 0.389 e. The van der Waals surface area contributed by atoms with Gasteiger partial charge in [-0.1, -0.05) is 23.8 Å². The molecule has 0 spiro atoms. The molecule has 1 heterocycles. The Morgan fingerprint density at radius 1 is 1.24 bits per heavy atom. The summed E-state index contributed by atoms with van der Waals surface area (Å²) in [6.45, 7) is 0. The average molecular weight is 332 g/mol. The van der Waals surface area contributed by atoms with Gasteiger partial charge in [-0.05, 0) is 30.3 Å². The highest BCUT2D eigenvalue weighted by atomic mass is 35.5. The summed E-state index contributed by atoms with van der Waals surface area (Å²) in [5.74, 6) is 0.315. The molecule has 0 aliphatic rings. The Balaban J connectivity index is 2.33. The van der Waals surface area contributed by atoms with Gasteiger partial charge in [0.2, 0.25) is 0 Å². The van der Waals surface area contributed by atoms with E-state index in [1.165, 1.54) is 18.3 Å². The highest BCUT2D eigenvalue weighted by molar-refractivity contribution is 7.80. The predicted octanol–water partition coefficient (Wildman–Crippen LogP) is 4.13. The minimum atomic E-state index is -4.48. The van der Waals surface area contributed by atoms with Crippen LogP contribution in [0.1, 0.15) is 11.1 Å². The molecule has 8 heteroatoms. The highest BCUT2D eigenvalue weighted by Crippen LogP contribution is 2.33. The van der Waals surface area contributed by atoms with Crippen LogP contribution in [0.25, 0.3) is 0 Å². The molecule has 21 heavy (non-hydrogen) atoms. The lowest BCUT2D eigenvalue weighted by molar-refractivity contribution is -0.137. The number of benzene rings is 1. The second-order valence-electron chi connectivity index (χ2n) is 4.15. The van der Waals surface area contributed by atoms with Crippen LogP contribution in [0.3, 0.4) is 0 Å². The zero-order valence-corrected chi connectivity index (χ0v) is 12.0. The Kier molecular flexibility index (Phi) is 4.34. The van der Waals surface area contributed by atoms with Gasteiger partial charge < -0.3 is 11.1 Å². The molecule has 110 valence electrons. The first-order valence-corrected chi connectivity index (χ1v) is 6.45. The first kappa shape index (κ1) is 15.5. The van der Waals surface area contributed by atoms with E-state index in [1.54, 1.807) is 6.07 Å². The Bertz CT molecular complexity index is 689. The van der Waals surface area contributed by atoms with Crippen LogP contribution in [-0.2, 0) is 6.18 Å². The van der Waals surface area contributed by atoms with Gasteiger partial charge in [-0.3, -0.25) is 0 Å². The van der Waals surface area contributed by atoms with Gasteiger partial charge in [0, 0.05) is 22.5 Å². The minimum Gasteiger partial charge on any atom is -0.389 e. The van der Waals surface area contributed by atoms with E-state index in [4.69, 9.17) is 29.6 Å². The molecule has 0 bridgehead atoms. The largest absolute Gasteiger partial charge is 0.416 e. The summed E-state index contributed by atoms with van der Waals surface area (Å²) in [5.41, 5.74) is 5.37. The van der Waals surface area contributed by atoms with E-state index in [0.717, 1.165) is 12.1 Å². The summed E-state index contributed by atoms with van der Waals surface area (Å²) < 4.78 is 38.2. The SMILES string of the molecule is NC(=S)c1ccnc(Nc2cc(Cl)cc(C(F)(F)F)c2)c1. The molecule has 0 aliphatic heterocycles. The van der Waals surface area contributed by atoms with E-state index in [9.17, 15) is 13.2 Å². The number of aromatic nitrogens is 1. The lowest BCUT2D eigenvalue weighted by atomic mass is 10.2. The molecule has 2 rings (SSSR count). The molecule has 0 saturated carbocycles. The van der Waals surface area contributed by atoms with Gasteiger partial charge in [0.25, 0.3) is 0 Å². The van der Waals surface area contributed by atoms with Crippen LogP contribution in [0.4, 0.5) is 24.7 Å². The van der Waals surface area contributed by atoms with Crippen LogP contribution >= 0.6 is 23.8 Å². The van der Waals surface area contributed by atoms with Gasteiger partial charge in [-0.15, -0.1) is 0 Å². The van der Waals surface area contributed by atoms with Crippen molar-refractivity contribution >= 4 is 40.3 Å². The van der Waals surface area contributed by atoms with E-state index in [1.807, 2.05) is 0 Å². The standard InChI is InChI=1S/C13H9ClF3N3S/c14-9-4-8(13(15,16)17)5-10(6-9)20-11-3-7(12(18)21)1-2-19-11/h1-6H,(H2,18,21)(H,19,20). The number of halogens is 4. The molecule has 0 saturated heterocycles. The zero-order chi connectivity index (χ0) is 15.6. The lowest BCUT2D eigenvalue weighted by Crippen LogP contribution is -2.10. The number of nitrogens with one attached hydrogen (secondary N) is 1. The van der Waals surface area contributed by atoms with Crippen molar-refractivity contribution in [3.8, 4) is 0 Å². The normalized spacial score (nSPS) is 11.2. The fraction of sp³-hybridized carbons (Fsp3) is 0.0769. The Morgan fingerprint density at radius 3 is 2.57 bits per heavy atom. The number of thiocarbonyl (C=S) groups is 1. The summed E-state index contributed by atoms with van der Waals surface area (Å²) in [5, 5.41) is 2.71. The third-order valence-corrected chi connectivity index (χ3v) is 3.00. The lowest BCUT2D eigenvalue weighted by Gasteiger charge is -2.11. The van der Waals surface area contributed by atoms with Crippen LogP contribution in [0, 0.1) is 0 Å². The number of pyridine rings is 1. The Morgan fingerprint density at radius 2 is 1.95 bits per heavy atom. The Labute approximate surface area is 128 Å². The monoisotopic (exact) mass is 331 g/mol. The third-order valence-electron chi connectivity index (χ3n) is 2.54. The van der Waals surface area contributed by atoms with Crippen molar-refractivity contribution in [2.24, 2.45) is 5.73 Å². The molecule has 0 fully saturated rings. The summed E-state index contributed by atoms with van der Waals surface area (Å²) in [7, 11) is 0. The fourth-order valence-electron chi connectivity index (χ4n) is 1.63. The van der Waals surface area contributed by atoms with E-state index in [-0.39, 0.29) is 15.7 Å².